The van der Waals surface area contributed by atoms with Crippen molar-refractivity contribution in [1.29, 1.82) is 0 Å². The number of rotatable bonds is 4. The Morgan fingerprint density at radius 1 is 1.14 bits per heavy atom. The van der Waals surface area contributed by atoms with E-state index in [0.717, 1.165) is 38.5 Å². The summed E-state index contributed by atoms with van der Waals surface area (Å²) < 4.78 is 38.6. The van der Waals surface area contributed by atoms with Crippen LogP contribution in [-0.4, -0.2) is 17.4 Å². The van der Waals surface area contributed by atoms with Crippen LogP contribution in [0.3, 0.4) is 0 Å². The molecule has 0 saturated heterocycles. The summed E-state index contributed by atoms with van der Waals surface area (Å²) in [4.78, 5) is 0. The van der Waals surface area contributed by atoms with Gasteiger partial charge in [0, 0.05) is 0 Å². The molecule has 1 nitrogen and oxygen atoms in total. The highest BCUT2D eigenvalue weighted by atomic mass is 19.4. The van der Waals surface area contributed by atoms with Crippen LogP contribution in [0, 0.1) is 5.92 Å². The van der Waals surface area contributed by atoms with Crippen molar-refractivity contribution in [3.63, 3.8) is 0 Å². The van der Waals surface area contributed by atoms with Crippen LogP contribution >= 0.6 is 0 Å². The van der Waals surface area contributed by atoms with Crippen molar-refractivity contribution >= 4 is 0 Å². The molecule has 0 aromatic heterocycles. The van der Waals surface area contributed by atoms with E-state index in [0.29, 0.717) is 5.57 Å². The second-order valence-electron chi connectivity index (χ2n) is 5.72. The van der Waals surface area contributed by atoms with Crippen LogP contribution in [0.4, 0.5) is 13.2 Å². The zero-order chi connectivity index (χ0) is 15.9. The predicted molar refractivity (Wildman–Crippen MR) is 79.9 cm³/mol. The molecule has 1 aliphatic carbocycles. The van der Waals surface area contributed by atoms with Gasteiger partial charge in [-0.25, -0.2) is 0 Å². The monoisotopic (exact) mass is 302 g/mol. The normalized spacial score (nSPS) is 21.6. The molecule has 0 spiro atoms. The first kappa shape index (κ1) is 18.0. The largest absolute Gasteiger partial charge is 0.418 e. The zero-order valence-corrected chi connectivity index (χ0v) is 12.6. The summed E-state index contributed by atoms with van der Waals surface area (Å²) in [6.45, 7) is 5.21. The Morgan fingerprint density at radius 2 is 1.67 bits per heavy atom. The van der Waals surface area contributed by atoms with Gasteiger partial charge in [-0.15, -0.1) is 0 Å². The van der Waals surface area contributed by atoms with Crippen LogP contribution in [0.1, 0.15) is 51.9 Å². The smallest absolute Gasteiger partial charge is 0.379 e. The van der Waals surface area contributed by atoms with Crippen LogP contribution in [0.25, 0.3) is 0 Å². The van der Waals surface area contributed by atoms with E-state index in [9.17, 15) is 18.3 Å². The van der Waals surface area contributed by atoms with Crippen molar-refractivity contribution in [2.24, 2.45) is 5.92 Å². The summed E-state index contributed by atoms with van der Waals surface area (Å²) in [5.41, 5.74) is 0.646. The minimum absolute atomic E-state index is 0.0204. The molecule has 0 aromatic rings. The van der Waals surface area contributed by atoms with Gasteiger partial charge in [-0.1, -0.05) is 62.5 Å². The molecule has 0 radical (unpaired) electrons. The van der Waals surface area contributed by atoms with E-state index in [4.69, 9.17) is 0 Å². The number of alkyl halides is 3. The van der Waals surface area contributed by atoms with Gasteiger partial charge in [0.05, 0.1) is 0 Å². The third-order valence-electron chi connectivity index (χ3n) is 4.19. The van der Waals surface area contributed by atoms with Crippen molar-refractivity contribution in [1.82, 2.24) is 0 Å². The lowest BCUT2D eigenvalue weighted by Gasteiger charge is -2.25. The molecular formula is C17H25F3O. The number of hydrogen-bond acceptors (Lipinski definition) is 1. The van der Waals surface area contributed by atoms with Crippen LogP contribution < -0.4 is 0 Å². The number of hydrogen-bond donors (Lipinski definition) is 1. The van der Waals surface area contributed by atoms with E-state index in [1.165, 1.54) is 24.6 Å². The molecule has 0 amide bonds. The Hall–Kier alpha value is -1.03. The van der Waals surface area contributed by atoms with Gasteiger partial charge in [0.25, 0.3) is 0 Å². The Kier molecular flexibility index (Phi) is 7.23. The molecule has 1 aliphatic rings. The molecule has 0 bridgehead atoms. The summed E-state index contributed by atoms with van der Waals surface area (Å²) in [5.74, 6) is 0.131. The Labute approximate surface area is 125 Å². The highest BCUT2D eigenvalue weighted by Crippen LogP contribution is 2.34. The second-order valence-corrected chi connectivity index (χ2v) is 5.72. The number of aliphatic hydroxyl groups excluding tert-OH is 1. The predicted octanol–water partition coefficient (Wildman–Crippen LogP) is 5.33. The number of halogens is 3. The lowest BCUT2D eigenvalue weighted by Crippen LogP contribution is -2.31. The van der Waals surface area contributed by atoms with Gasteiger partial charge >= 0.3 is 6.18 Å². The first-order valence-corrected chi connectivity index (χ1v) is 7.62. The van der Waals surface area contributed by atoms with Gasteiger partial charge < -0.3 is 5.11 Å². The molecule has 1 N–H and O–H groups in total. The van der Waals surface area contributed by atoms with Crippen LogP contribution in [0.2, 0.25) is 0 Å². The van der Waals surface area contributed by atoms with Gasteiger partial charge in [-0.2, -0.15) is 13.2 Å². The maximum atomic E-state index is 12.9. The van der Waals surface area contributed by atoms with Gasteiger partial charge in [-0.05, 0) is 31.3 Å². The summed E-state index contributed by atoms with van der Waals surface area (Å²) >= 11 is 0. The molecule has 4 heteroatoms. The molecule has 0 aromatic carbocycles. The summed E-state index contributed by atoms with van der Waals surface area (Å²) in [7, 11) is 0. The fraction of sp³-hybridized carbons (Fsp3) is 0.647. The SMILES string of the molecule is C=C/C=C\C(=C(/C)C1CCCCCCC1)C(O)C(F)(F)F. The Morgan fingerprint density at radius 3 is 2.14 bits per heavy atom. The van der Waals surface area contributed by atoms with E-state index < -0.39 is 12.3 Å². The van der Waals surface area contributed by atoms with E-state index in [2.05, 4.69) is 6.58 Å². The number of aliphatic hydroxyl groups is 1. The quantitative estimate of drug-likeness (QED) is 0.696. The molecule has 120 valence electrons. The lowest BCUT2D eigenvalue weighted by molar-refractivity contribution is -0.190. The Balaban J connectivity index is 3.05. The summed E-state index contributed by atoms with van der Waals surface area (Å²) in [6.07, 6.45) is 4.57. The minimum atomic E-state index is -4.64. The highest BCUT2D eigenvalue weighted by molar-refractivity contribution is 5.32. The lowest BCUT2D eigenvalue weighted by atomic mass is 9.83. The van der Waals surface area contributed by atoms with E-state index in [1.54, 1.807) is 6.92 Å². The molecule has 21 heavy (non-hydrogen) atoms. The van der Waals surface area contributed by atoms with Gasteiger partial charge in [0.15, 0.2) is 6.10 Å². The molecule has 1 rings (SSSR count). The second kappa shape index (κ2) is 8.42. The third kappa shape index (κ3) is 5.70. The van der Waals surface area contributed by atoms with Crippen LogP contribution in [0.15, 0.2) is 36.0 Å². The highest BCUT2D eigenvalue weighted by Gasteiger charge is 2.41. The summed E-state index contributed by atoms with van der Waals surface area (Å²) in [6, 6.07) is 0. The van der Waals surface area contributed by atoms with Gasteiger partial charge in [0.1, 0.15) is 0 Å². The molecule has 0 heterocycles. The van der Waals surface area contributed by atoms with Crippen LogP contribution in [0.5, 0.6) is 0 Å². The molecule has 0 aliphatic heterocycles. The standard InChI is InChI=1S/C17H25F3O/c1-3-4-12-15(16(21)17(18,19)20)13(2)14-10-8-6-5-7-9-11-14/h3-4,12,14,16,21H,1,5-11H2,2H3/b12-4-,15-13-. The average molecular weight is 302 g/mol. The van der Waals surface area contributed by atoms with Crippen molar-refractivity contribution in [3.8, 4) is 0 Å². The maximum absolute atomic E-state index is 12.9. The molecule has 1 atom stereocenters. The molecule has 1 saturated carbocycles. The minimum Gasteiger partial charge on any atom is -0.379 e. The average Bonchev–Trinajstić information content (AvgIpc) is 2.37. The molecule has 1 fully saturated rings. The van der Waals surface area contributed by atoms with E-state index >= 15 is 0 Å². The fourth-order valence-electron chi connectivity index (χ4n) is 2.91. The molecular weight excluding hydrogens is 277 g/mol. The first-order valence-electron chi connectivity index (χ1n) is 7.62. The number of allylic oxidation sites excluding steroid dienone is 3. The maximum Gasteiger partial charge on any atom is 0.418 e. The van der Waals surface area contributed by atoms with Crippen molar-refractivity contribution < 1.29 is 18.3 Å². The van der Waals surface area contributed by atoms with Crippen LogP contribution in [-0.2, 0) is 0 Å². The fourth-order valence-corrected chi connectivity index (χ4v) is 2.91. The topological polar surface area (TPSA) is 20.2 Å². The van der Waals surface area contributed by atoms with E-state index in [1.807, 2.05) is 0 Å². The summed E-state index contributed by atoms with van der Waals surface area (Å²) in [5, 5.41) is 9.63. The van der Waals surface area contributed by atoms with Crippen molar-refractivity contribution in [2.45, 2.75) is 64.1 Å². The van der Waals surface area contributed by atoms with Crippen molar-refractivity contribution in [3.05, 3.63) is 36.0 Å². The zero-order valence-electron chi connectivity index (χ0n) is 12.6. The molecule has 1 unspecified atom stereocenters. The van der Waals surface area contributed by atoms with Gasteiger partial charge in [-0.3, -0.25) is 0 Å². The Bertz CT molecular complexity index is 385. The first-order chi connectivity index (χ1) is 9.88. The van der Waals surface area contributed by atoms with Gasteiger partial charge in [0.2, 0.25) is 0 Å². The van der Waals surface area contributed by atoms with E-state index in [-0.39, 0.29) is 11.5 Å². The third-order valence-corrected chi connectivity index (χ3v) is 4.19. The van der Waals surface area contributed by atoms with Crippen molar-refractivity contribution in [2.75, 3.05) is 0 Å².